The predicted octanol–water partition coefficient (Wildman–Crippen LogP) is 1.10. The molecule has 3 aromatic rings. The molecule has 1 amide bonds. The molecule has 0 unspecified atom stereocenters. The molecule has 0 aliphatic carbocycles. The Bertz CT molecular complexity index is 828. The number of benzene rings is 1. The van der Waals surface area contributed by atoms with E-state index in [0.717, 1.165) is 11.0 Å². The zero-order chi connectivity index (χ0) is 15.7. The van der Waals surface area contributed by atoms with Crippen molar-refractivity contribution in [3.8, 4) is 0 Å². The fraction of sp³-hybridized carbons (Fsp3) is 0.0769. The van der Waals surface area contributed by atoms with Crippen molar-refractivity contribution in [2.45, 2.75) is 6.54 Å². The Balaban J connectivity index is 1.76. The van der Waals surface area contributed by atoms with Crippen LogP contribution in [0, 0.1) is 0 Å². The molecule has 9 heteroatoms. The first kappa shape index (κ1) is 14.1. The number of hydrogen-bond acceptors (Lipinski definition) is 6. The first-order valence-electron chi connectivity index (χ1n) is 6.35. The summed E-state index contributed by atoms with van der Waals surface area (Å²) in [7, 11) is 0. The van der Waals surface area contributed by atoms with Crippen LogP contribution in [-0.2, 0) is 6.54 Å². The molecule has 0 saturated carbocycles. The lowest BCUT2D eigenvalue weighted by Gasteiger charge is -2.06. The van der Waals surface area contributed by atoms with E-state index in [1.165, 1.54) is 0 Å². The lowest BCUT2D eigenvalue weighted by atomic mass is 10.3. The molecule has 0 atom stereocenters. The van der Waals surface area contributed by atoms with E-state index in [2.05, 4.69) is 25.3 Å². The Labute approximate surface area is 129 Å². The van der Waals surface area contributed by atoms with E-state index in [0.29, 0.717) is 5.82 Å². The van der Waals surface area contributed by atoms with Crippen molar-refractivity contribution in [3.05, 3.63) is 40.9 Å². The molecular formula is C13H12ClN7O. The third kappa shape index (κ3) is 2.63. The minimum Gasteiger partial charge on any atom is -0.382 e. The van der Waals surface area contributed by atoms with Crippen LogP contribution >= 0.6 is 11.6 Å². The standard InChI is InChI=1S/C13H12ClN7O/c14-10-12(16)21-11(15)9(20-10)13(22)17-5-8-18-6-3-1-2-4-7(6)19-8/h1-4H,5H2,(H,17,22)(H,18,19)(H4,15,16,21). The van der Waals surface area contributed by atoms with E-state index < -0.39 is 5.91 Å². The van der Waals surface area contributed by atoms with E-state index in [1.807, 2.05) is 24.3 Å². The van der Waals surface area contributed by atoms with Gasteiger partial charge >= 0.3 is 0 Å². The number of fused-ring (bicyclic) bond motifs is 1. The van der Waals surface area contributed by atoms with Crippen LogP contribution in [-0.4, -0.2) is 25.8 Å². The molecule has 2 aromatic heterocycles. The Hall–Kier alpha value is -2.87. The Morgan fingerprint density at radius 1 is 1.18 bits per heavy atom. The summed E-state index contributed by atoms with van der Waals surface area (Å²) in [6.07, 6.45) is 0. The molecule has 112 valence electrons. The van der Waals surface area contributed by atoms with Crippen LogP contribution in [0.2, 0.25) is 5.15 Å². The van der Waals surface area contributed by atoms with Gasteiger partial charge < -0.3 is 21.8 Å². The van der Waals surface area contributed by atoms with Crippen molar-refractivity contribution in [2.75, 3.05) is 11.5 Å². The molecule has 0 bridgehead atoms. The molecule has 3 rings (SSSR count). The number of anilines is 2. The van der Waals surface area contributed by atoms with Gasteiger partial charge in [0.1, 0.15) is 5.82 Å². The normalized spacial score (nSPS) is 10.8. The van der Waals surface area contributed by atoms with Crippen LogP contribution in [0.25, 0.3) is 11.0 Å². The molecule has 0 spiro atoms. The summed E-state index contributed by atoms with van der Waals surface area (Å²) in [6, 6.07) is 7.56. The lowest BCUT2D eigenvalue weighted by molar-refractivity contribution is 0.0945. The first-order valence-corrected chi connectivity index (χ1v) is 6.72. The van der Waals surface area contributed by atoms with E-state index in [-0.39, 0.29) is 29.0 Å². The first-order chi connectivity index (χ1) is 10.5. The van der Waals surface area contributed by atoms with Crippen molar-refractivity contribution in [3.63, 3.8) is 0 Å². The van der Waals surface area contributed by atoms with Crippen molar-refractivity contribution in [1.29, 1.82) is 0 Å². The average Bonchev–Trinajstić information content (AvgIpc) is 2.91. The van der Waals surface area contributed by atoms with Crippen molar-refractivity contribution in [1.82, 2.24) is 25.3 Å². The minimum absolute atomic E-state index is 0.0204. The second-order valence-electron chi connectivity index (χ2n) is 4.52. The fourth-order valence-electron chi connectivity index (χ4n) is 1.95. The number of aromatic amines is 1. The van der Waals surface area contributed by atoms with Gasteiger partial charge in [-0.2, -0.15) is 0 Å². The number of imidazole rings is 1. The summed E-state index contributed by atoms with van der Waals surface area (Å²) in [5, 5.41) is 2.58. The highest BCUT2D eigenvalue weighted by molar-refractivity contribution is 6.31. The maximum Gasteiger partial charge on any atom is 0.274 e. The number of carbonyl (C=O) groups excluding carboxylic acids is 1. The number of nitrogens with one attached hydrogen (secondary N) is 2. The highest BCUT2D eigenvalue weighted by atomic mass is 35.5. The summed E-state index contributed by atoms with van der Waals surface area (Å²) >= 11 is 5.75. The number of nitrogen functional groups attached to an aromatic ring is 2. The molecule has 6 N–H and O–H groups in total. The quantitative estimate of drug-likeness (QED) is 0.571. The maximum atomic E-state index is 12.1. The summed E-state index contributed by atoms with van der Waals surface area (Å²) in [5.74, 6) is 0.00647. The lowest BCUT2D eigenvalue weighted by Crippen LogP contribution is -2.26. The molecule has 22 heavy (non-hydrogen) atoms. The highest BCUT2D eigenvalue weighted by Gasteiger charge is 2.16. The van der Waals surface area contributed by atoms with Crippen LogP contribution in [0.5, 0.6) is 0 Å². The Kier molecular flexibility index (Phi) is 3.51. The molecule has 0 radical (unpaired) electrons. The fourth-order valence-corrected chi connectivity index (χ4v) is 2.07. The monoisotopic (exact) mass is 317 g/mol. The third-order valence-corrected chi connectivity index (χ3v) is 3.25. The van der Waals surface area contributed by atoms with Gasteiger partial charge in [0.25, 0.3) is 5.91 Å². The number of carbonyl (C=O) groups is 1. The smallest absolute Gasteiger partial charge is 0.274 e. The van der Waals surface area contributed by atoms with Crippen LogP contribution in [0.15, 0.2) is 24.3 Å². The van der Waals surface area contributed by atoms with E-state index >= 15 is 0 Å². The van der Waals surface area contributed by atoms with E-state index in [9.17, 15) is 4.79 Å². The van der Waals surface area contributed by atoms with Gasteiger partial charge in [-0.15, -0.1) is 0 Å². The molecule has 8 nitrogen and oxygen atoms in total. The number of para-hydroxylation sites is 2. The number of rotatable bonds is 3. The molecule has 0 fully saturated rings. The van der Waals surface area contributed by atoms with Crippen molar-refractivity contribution < 1.29 is 4.79 Å². The highest BCUT2D eigenvalue weighted by Crippen LogP contribution is 2.17. The second kappa shape index (κ2) is 5.49. The van der Waals surface area contributed by atoms with Crippen LogP contribution < -0.4 is 16.8 Å². The number of nitrogens with two attached hydrogens (primary N) is 2. The average molecular weight is 318 g/mol. The van der Waals surface area contributed by atoms with Gasteiger partial charge in [-0.1, -0.05) is 23.7 Å². The molecule has 0 aliphatic rings. The molecular weight excluding hydrogens is 306 g/mol. The van der Waals surface area contributed by atoms with E-state index in [4.69, 9.17) is 23.1 Å². The maximum absolute atomic E-state index is 12.1. The SMILES string of the molecule is Nc1nc(N)c(C(=O)NCc2nc3ccccc3[nH]2)nc1Cl. The van der Waals surface area contributed by atoms with Gasteiger partial charge in [0.05, 0.1) is 17.6 Å². The minimum atomic E-state index is -0.507. The van der Waals surface area contributed by atoms with Gasteiger partial charge in [0, 0.05) is 0 Å². The van der Waals surface area contributed by atoms with Gasteiger partial charge in [0.2, 0.25) is 0 Å². The molecule has 1 aromatic carbocycles. The second-order valence-corrected chi connectivity index (χ2v) is 4.87. The van der Waals surface area contributed by atoms with E-state index in [1.54, 1.807) is 0 Å². The number of nitrogens with zero attached hydrogens (tertiary/aromatic N) is 3. The number of H-pyrrole nitrogens is 1. The summed E-state index contributed by atoms with van der Waals surface area (Å²) in [5.41, 5.74) is 12.7. The van der Waals surface area contributed by atoms with Crippen molar-refractivity contribution >= 4 is 40.2 Å². The van der Waals surface area contributed by atoms with Crippen LogP contribution in [0.1, 0.15) is 16.3 Å². The Morgan fingerprint density at radius 2 is 1.95 bits per heavy atom. The zero-order valence-corrected chi connectivity index (χ0v) is 12.1. The summed E-state index contributed by atoms with van der Waals surface area (Å²) in [6.45, 7) is 0.191. The molecule has 0 saturated heterocycles. The molecule has 0 aliphatic heterocycles. The van der Waals surface area contributed by atoms with Crippen LogP contribution in [0.4, 0.5) is 11.6 Å². The van der Waals surface area contributed by atoms with Crippen LogP contribution in [0.3, 0.4) is 0 Å². The molecule has 2 heterocycles. The number of halogens is 1. The van der Waals surface area contributed by atoms with Gasteiger partial charge in [-0.05, 0) is 12.1 Å². The number of amides is 1. The largest absolute Gasteiger partial charge is 0.382 e. The van der Waals surface area contributed by atoms with Gasteiger partial charge in [0.15, 0.2) is 22.5 Å². The third-order valence-electron chi connectivity index (χ3n) is 2.97. The Morgan fingerprint density at radius 3 is 2.73 bits per heavy atom. The van der Waals surface area contributed by atoms with Crippen molar-refractivity contribution in [2.24, 2.45) is 0 Å². The summed E-state index contributed by atoms with van der Waals surface area (Å²) in [4.78, 5) is 27.1. The van der Waals surface area contributed by atoms with Gasteiger partial charge in [-0.3, -0.25) is 4.79 Å². The topological polar surface area (TPSA) is 136 Å². The van der Waals surface area contributed by atoms with Gasteiger partial charge in [-0.25, -0.2) is 15.0 Å². The summed E-state index contributed by atoms with van der Waals surface area (Å²) < 4.78 is 0. The predicted molar refractivity (Wildman–Crippen MR) is 83.1 cm³/mol. The zero-order valence-electron chi connectivity index (χ0n) is 11.3. The number of aromatic nitrogens is 4. The number of hydrogen-bond donors (Lipinski definition) is 4.